The summed E-state index contributed by atoms with van der Waals surface area (Å²) in [5.41, 5.74) is 0.860. The molecule has 25 heavy (non-hydrogen) atoms. The van der Waals surface area contributed by atoms with Crippen LogP contribution < -0.4 is 5.32 Å². The molecule has 2 N–H and O–H groups in total. The molecule has 136 valence electrons. The Morgan fingerprint density at radius 3 is 2.64 bits per heavy atom. The predicted molar refractivity (Wildman–Crippen MR) is 93.9 cm³/mol. The summed E-state index contributed by atoms with van der Waals surface area (Å²) >= 11 is 0. The van der Waals surface area contributed by atoms with Crippen molar-refractivity contribution in [3.63, 3.8) is 0 Å². The summed E-state index contributed by atoms with van der Waals surface area (Å²) in [5.74, 6) is -1.60. The van der Waals surface area contributed by atoms with E-state index in [0.717, 1.165) is 18.4 Å². The van der Waals surface area contributed by atoms with Crippen molar-refractivity contribution in [1.29, 1.82) is 0 Å². The molecule has 1 aromatic rings. The van der Waals surface area contributed by atoms with Crippen LogP contribution in [0.2, 0.25) is 0 Å². The molecule has 1 heterocycles. The van der Waals surface area contributed by atoms with Gasteiger partial charge in [-0.1, -0.05) is 37.3 Å². The van der Waals surface area contributed by atoms with Gasteiger partial charge in [-0.3, -0.25) is 9.59 Å². The van der Waals surface area contributed by atoms with Crippen LogP contribution in [0.1, 0.15) is 38.2 Å². The van der Waals surface area contributed by atoms with Crippen molar-refractivity contribution in [2.24, 2.45) is 5.92 Å². The molecule has 2 atom stereocenters. The van der Waals surface area contributed by atoms with E-state index in [0.29, 0.717) is 25.9 Å². The summed E-state index contributed by atoms with van der Waals surface area (Å²) in [6.07, 6.45) is 2.96. The lowest BCUT2D eigenvalue weighted by Gasteiger charge is -2.32. The number of carboxylic acid groups (broad SMARTS) is 1. The predicted octanol–water partition coefficient (Wildman–Crippen LogP) is 1.84. The Kier molecular flexibility index (Phi) is 6.98. The summed E-state index contributed by atoms with van der Waals surface area (Å²) in [6.45, 7) is 3.00. The largest absolute Gasteiger partial charge is 0.480 e. The van der Waals surface area contributed by atoms with Gasteiger partial charge < -0.3 is 15.3 Å². The smallest absolute Gasteiger partial charge is 0.326 e. The van der Waals surface area contributed by atoms with Crippen molar-refractivity contribution in [3.05, 3.63) is 35.9 Å². The van der Waals surface area contributed by atoms with Crippen LogP contribution in [0, 0.1) is 5.92 Å². The van der Waals surface area contributed by atoms with Crippen LogP contribution in [0.5, 0.6) is 0 Å². The Bertz CT molecular complexity index is 603. The standard InChI is InChI=1S/C19H26N2O4/c1-2-7-17(22)21-11-6-10-15(13-21)18(23)20-16(19(24)25)12-14-8-4-3-5-9-14/h3-5,8-9,15-16H,2,6-7,10-13H2,1H3,(H,20,23)(H,24,25). The Morgan fingerprint density at radius 1 is 1.28 bits per heavy atom. The van der Waals surface area contributed by atoms with Crippen molar-refractivity contribution < 1.29 is 19.5 Å². The average molecular weight is 346 g/mol. The first-order valence-electron chi connectivity index (χ1n) is 8.86. The van der Waals surface area contributed by atoms with E-state index in [1.807, 2.05) is 37.3 Å². The first kappa shape index (κ1) is 19.0. The van der Waals surface area contributed by atoms with E-state index in [-0.39, 0.29) is 24.2 Å². The number of carbonyl (C=O) groups excluding carboxylic acids is 2. The highest BCUT2D eigenvalue weighted by Crippen LogP contribution is 2.18. The summed E-state index contributed by atoms with van der Waals surface area (Å²) in [5, 5.41) is 12.1. The molecule has 6 nitrogen and oxygen atoms in total. The molecule has 1 fully saturated rings. The van der Waals surface area contributed by atoms with Crippen molar-refractivity contribution in [2.45, 2.75) is 45.1 Å². The third-order valence-corrected chi connectivity index (χ3v) is 4.51. The van der Waals surface area contributed by atoms with E-state index >= 15 is 0 Å². The van der Waals surface area contributed by atoms with E-state index in [9.17, 15) is 19.5 Å². The first-order valence-corrected chi connectivity index (χ1v) is 8.86. The van der Waals surface area contributed by atoms with Crippen LogP contribution in [0.25, 0.3) is 0 Å². The molecular weight excluding hydrogens is 320 g/mol. The quantitative estimate of drug-likeness (QED) is 0.789. The molecule has 0 bridgehead atoms. The van der Waals surface area contributed by atoms with Crippen LogP contribution in [0.3, 0.4) is 0 Å². The fraction of sp³-hybridized carbons (Fsp3) is 0.526. The fourth-order valence-electron chi connectivity index (χ4n) is 3.13. The number of piperidine rings is 1. The molecule has 2 rings (SSSR count). The van der Waals surface area contributed by atoms with Gasteiger partial charge in [-0.15, -0.1) is 0 Å². The Hall–Kier alpha value is -2.37. The average Bonchev–Trinajstić information content (AvgIpc) is 2.62. The molecule has 1 aliphatic heterocycles. The maximum atomic E-state index is 12.5. The molecule has 2 amide bonds. The minimum absolute atomic E-state index is 0.0686. The minimum atomic E-state index is -1.05. The molecule has 0 spiro atoms. The number of likely N-dealkylation sites (tertiary alicyclic amines) is 1. The lowest BCUT2D eigenvalue weighted by molar-refractivity contribution is -0.143. The number of amides is 2. The Morgan fingerprint density at radius 2 is 2.00 bits per heavy atom. The van der Waals surface area contributed by atoms with Gasteiger partial charge in [0.15, 0.2) is 0 Å². The fourth-order valence-corrected chi connectivity index (χ4v) is 3.13. The number of carboxylic acids is 1. The maximum Gasteiger partial charge on any atom is 0.326 e. The second kappa shape index (κ2) is 9.20. The topological polar surface area (TPSA) is 86.7 Å². The molecule has 1 saturated heterocycles. The number of nitrogens with one attached hydrogen (secondary N) is 1. The highest BCUT2D eigenvalue weighted by Gasteiger charge is 2.30. The number of hydrogen-bond acceptors (Lipinski definition) is 3. The zero-order valence-electron chi connectivity index (χ0n) is 14.6. The van der Waals surface area contributed by atoms with Crippen LogP contribution in [-0.4, -0.2) is 46.9 Å². The van der Waals surface area contributed by atoms with Gasteiger partial charge in [-0.05, 0) is 24.8 Å². The maximum absolute atomic E-state index is 12.5. The summed E-state index contributed by atoms with van der Waals surface area (Å²) in [4.78, 5) is 37.8. The van der Waals surface area contributed by atoms with E-state index in [2.05, 4.69) is 5.32 Å². The van der Waals surface area contributed by atoms with Gasteiger partial charge in [0.05, 0.1) is 5.92 Å². The molecule has 0 saturated carbocycles. The monoisotopic (exact) mass is 346 g/mol. The number of rotatable bonds is 7. The highest BCUT2D eigenvalue weighted by molar-refractivity contribution is 5.86. The second-order valence-electron chi connectivity index (χ2n) is 6.52. The molecule has 1 aromatic carbocycles. The summed E-state index contributed by atoms with van der Waals surface area (Å²) in [7, 11) is 0. The van der Waals surface area contributed by atoms with Crippen molar-refractivity contribution in [1.82, 2.24) is 10.2 Å². The van der Waals surface area contributed by atoms with Gasteiger partial charge in [0.25, 0.3) is 0 Å². The molecule has 2 unspecified atom stereocenters. The summed E-state index contributed by atoms with van der Waals surface area (Å²) in [6, 6.07) is 8.27. The lowest BCUT2D eigenvalue weighted by atomic mass is 9.96. The van der Waals surface area contributed by atoms with Gasteiger partial charge >= 0.3 is 5.97 Å². The number of aliphatic carboxylic acids is 1. The number of hydrogen-bond donors (Lipinski definition) is 2. The van der Waals surface area contributed by atoms with Crippen LogP contribution in [0.15, 0.2) is 30.3 Å². The van der Waals surface area contributed by atoms with Gasteiger partial charge in [0.2, 0.25) is 11.8 Å². The SMILES string of the molecule is CCCC(=O)N1CCCC(C(=O)NC(Cc2ccccc2)C(=O)O)C1. The van der Waals surface area contributed by atoms with Crippen molar-refractivity contribution >= 4 is 17.8 Å². The van der Waals surface area contributed by atoms with Crippen LogP contribution in [-0.2, 0) is 20.8 Å². The minimum Gasteiger partial charge on any atom is -0.480 e. The molecule has 1 aliphatic rings. The molecule has 0 aromatic heterocycles. The van der Waals surface area contributed by atoms with E-state index in [1.54, 1.807) is 4.90 Å². The van der Waals surface area contributed by atoms with E-state index in [1.165, 1.54) is 0 Å². The Balaban J connectivity index is 1.95. The molecular formula is C19H26N2O4. The zero-order chi connectivity index (χ0) is 18.2. The third kappa shape index (κ3) is 5.59. The lowest BCUT2D eigenvalue weighted by Crippen LogP contribution is -2.50. The van der Waals surface area contributed by atoms with Crippen LogP contribution in [0.4, 0.5) is 0 Å². The van der Waals surface area contributed by atoms with Gasteiger partial charge in [-0.25, -0.2) is 4.79 Å². The molecule has 0 aliphatic carbocycles. The van der Waals surface area contributed by atoms with Gasteiger partial charge in [0.1, 0.15) is 6.04 Å². The normalized spacial score (nSPS) is 18.4. The third-order valence-electron chi connectivity index (χ3n) is 4.51. The zero-order valence-corrected chi connectivity index (χ0v) is 14.6. The van der Waals surface area contributed by atoms with Gasteiger partial charge in [-0.2, -0.15) is 0 Å². The van der Waals surface area contributed by atoms with Crippen molar-refractivity contribution in [3.8, 4) is 0 Å². The van der Waals surface area contributed by atoms with E-state index in [4.69, 9.17) is 0 Å². The number of nitrogens with zero attached hydrogens (tertiary/aromatic N) is 1. The van der Waals surface area contributed by atoms with E-state index < -0.39 is 12.0 Å². The summed E-state index contributed by atoms with van der Waals surface area (Å²) < 4.78 is 0. The highest BCUT2D eigenvalue weighted by atomic mass is 16.4. The molecule has 6 heteroatoms. The van der Waals surface area contributed by atoms with Crippen molar-refractivity contribution in [2.75, 3.05) is 13.1 Å². The Labute approximate surface area is 148 Å². The van der Waals surface area contributed by atoms with Gasteiger partial charge in [0, 0.05) is 25.9 Å². The number of benzene rings is 1. The second-order valence-corrected chi connectivity index (χ2v) is 6.52. The molecule has 0 radical (unpaired) electrons. The number of carbonyl (C=O) groups is 3. The van der Waals surface area contributed by atoms with Crippen LogP contribution >= 0.6 is 0 Å². The first-order chi connectivity index (χ1) is 12.0.